The Morgan fingerprint density at radius 2 is 1.93 bits per heavy atom. The summed E-state index contributed by atoms with van der Waals surface area (Å²) in [5.74, 6) is -3.52. The van der Waals surface area contributed by atoms with E-state index >= 15 is 0 Å². The fourth-order valence-corrected chi connectivity index (χ4v) is 3.14. The maximum atomic E-state index is 12.9. The van der Waals surface area contributed by atoms with Crippen LogP contribution < -0.4 is 10.9 Å². The molecule has 0 aliphatic rings. The average Bonchev–Trinajstić information content (AvgIpc) is 2.62. The van der Waals surface area contributed by atoms with E-state index in [4.69, 9.17) is 16.7 Å². The number of benzene rings is 1. The van der Waals surface area contributed by atoms with Gasteiger partial charge in [-0.2, -0.15) is 0 Å². The highest BCUT2D eigenvalue weighted by atomic mass is 35.5. The summed E-state index contributed by atoms with van der Waals surface area (Å²) in [5, 5.41) is 12.5. The van der Waals surface area contributed by atoms with Gasteiger partial charge in [0.15, 0.2) is 5.78 Å². The Labute approximate surface area is 165 Å². The van der Waals surface area contributed by atoms with Gasteiger partial charge in [-0.3, -0.25) is 19.2 Å². The van der Waals surface area contributed by atoms with Gasteiger partial charge in [0.05, 0.1) is 6.42 Å². The van der Waals surface area contributed by atoms with Gasteiger partial charge in [-0.1, -0.05) is 31.5 Å². The molecule has 28 heavy (non-hydrogen) atoms. The first-order valence-corrected chi connectivity index (χ1v) is 8.94. The van der Waals surface area contributed by atoms with Crippen LogP contribution in [0.4, 0.5) is 4.39 Å². The molecule has 9 heteroatoms. The van der Waals surface area contributed by atoms with E-state index < -0.39 is 48.4 Å². The van der Waals surface area contributed by atoms with Gasteiger partial charge in [0, 0.05) is 16.6 Å². The van der Waals surface area contributed by atoms with Crippen LogP contribution in [0.1, 0.15) is 26.3 Å². The zero-order valence-electron chi connectivity index (χ0n) is 15.3. The minimum Gasteiger partial charge on any atom is -0.481 e. The number of aromatic nitrogens is 1. The number of hydrogen-bond donors (Lipinski definition) is 2. The minimum absolute atomic E-state index is 0.315. The van der Waals surface area contributed by atoms with Crippen molar-refractivity contribution in [2.45, 2.75) is 32.4 Å². The molecule has 1 amide bonds. The van der Waals surface area contributed by atoms with Gasteiger partial charge in [-0.05, 0) is 29.5 Å². The highest BCUT2D eigenvalue weighted by molar-refractivity contribution is 6.31. The third kappa shape index (κ3) is 4.75. The van der Waals surface area contributed by atoms with E-state index in [1.807, 2.05) is 0 Å². The lowest BCUT2D eigenvalue weighted by molar-refractivity contribution is -0.140. The van der Waals surface area contributed by atoms with Crippen LogP contribution >= 0.6 is 11.6 Å². The average molecular weight is 411 g/mol. The minimum atomic E-state index is -1.51. The zero-order valence-corrected chi connectivity index (χ0v) is 16.1. The van der Waals surface area contributed by atoms with Crippen LogP contribution in [0.3, 0.4) is 0 Å². The highest BCUT2D eigenvalue weighted by Gasteiger charge is 2.30. The third-order valence-electron chi connectivity index (χ3n) is 4.31. The number of carboxylic acids is 1. The van der Waals surface area contributed by atoms with Crippen LogP contribution in [0.2, 0.25) is 5.02 Å². The van der Waals surface area contributed by atoms with Gasteiger partial charge in [-0.15, -0.1) is 0 Å². The van der Waals surface area contributed by atoms with Crippen molar-refractivity contribution in [1.29, 1.82) is 0 Å². The molecule has 1 heterocycles. The van der Waals surface area contributed by atoms with E-state index in [-0.39, 0.29) is 5.92 Å². The second kappa shape index (κ2) is 8.97. The molecule has 2 aromatic rings. The van der Waals surface area contributed by atoms with E-state index in [0.717, 1.165) is 0 Å². The van der Waals surface area contributed by atoms with Crippen molar-refractivity contribution in [1.82, 2.24) is 9.88 Å². The number of carboxylic acid groups (broad SMARTS) is 1. The number of halogens is 2. The summed E-state index contributed by atoms with van der Waals surface area (Å²) in [6.45, 7) is 1.99. The zero-order chi connectivity index (χ0) is 21.0. The second-order valence-electron chi connectivity index (χ2n) is 6.71. The van der Waals surface area contributed by atoms with Crippen molar-refractivity contribution < 1.29 is 23.9 Å². The second-order valence-corrected chi connectivity index (χ2v) is 7.14. The Balaban J connectivity index is 2.44. The molecule has 2 atom stereocenters. The molecule has 0 radical (unpaired) electrons. The molecular weight excluding hydrogens is 391 g/mol. The van der Waals surface area contributed by atoms with E-state index in [1.54, 1.807) is 32.0 Å². The lowest BCUT2D eigenvalue weighted by Gasteiger charge is -2.25. The van der Waals surface area contributed by atoms with Crippen LogP contribution in [0.15, 0.2) is 35.3 Å². The number of amides is 1. The first-order chi connectivity index (χ1) is 13.1. The van der Waals surface area contributed by atoms with Crippen molar-refractivity contribution in [3.05, 3.63) is 45.8 Å². The van der Waals surface area contributed by atoms with Crippen molar-refractivity contribution in [3.8, 4) is 0 Å². The number of Topliss-reactive ketones (excluding diaryl/α,β-unsaturated/α-hetero) is 1. The van der Waals surface area contributed by atoms with Crippen molar-refractivity contribution in [2.75, 3.05) is 6.67 Å². The third-order valence-corrected chi connectivity index (χ3v) is 4.55. The van der Waals surface area contributed by atoms with Gasteiger partial charge in [0.1, 0.15) is 18.8 Å². The standard InChI is InChI=1S/C19H20ClFN2O5/c1-10(2)17(18(27)22-14(8-16(25)26)15(24)9-21)23-6-5-11-3-4-12(20)7-13(11)19(23)28/h3-7,10,14,17H,8-9H2,1-2H3,(H,22,27)(H,25,26)/t14?,17-/m0/s1. The van der Waals surface area contributed by atoms with Gasteiger partial charge in [0.2, 0.25) is 5.91 Å². The van der Waals surface area contributed by atoms with Gasteiger partial charge >= 0.3 is 5.97 Å². The molecular formula is C19H20ClFN2O5. The molecule has 0 saturated heterocycles. The number of pyridine rings is 1. The normalized spacial score (nSPS) is 13.3. The Morgan fingerprint density at radius 1 is 1.25 bits per heavy atom. The first-order valence-electron chi connectivity index (χ1n) is 8.57. The van der Waals surface area contributed by atoms with Crippen LogP contribution in [-0.2, 0) is 14.4 Å². The number of alkyl halides is 1. The Morgan fingerprint density at radius 3 is 2.50 bits per heavy atom. The monoisotopic (exact) mass is 410 g/mol. The largest absolute Gasteiger partial charge is 0.481 e. The molecule has 1 unspecified atom stereocenters. The van der Waals surface area contributed by atoms with E-state index in [1.165, 1.54) is 16.8 Å². The van der Waals surface area contributed by atoms with Crippen LogP contribution in [0, 0.1) is 5.92 Å². The van der Waals surface area contributed by atoms with Crippen LogP contribution in [0.25, 0.3) is 10.8 Å². The number of carbonyl (C=O) groups excluding carboxylic acids is 2. The fraction of sp³-hybridized carbons (Fsp3) is 0.368. The summed E-state index contributed by atoms with van der Waals surface area (Å²) in [7, 11) is 0. The number of fused-ring (bicyclic) bond motifs is 1. The first kappa shape index (κ1) is 21.6. The summed E-state index contributed by atoms with van der Waals surface area (Å²) in [5.41, 5.74) is -0.458. The van der Waals surface area contributed by atoms with Crippen molar-refractivity contribution >= 4 is 40.0 Å². The molecule has 2 rings (SSSR count). The lowest BCUT2D eigenvalue weighted by Crippen LogP contribution is -2.48. The number of aliphatic carboxylic acids is 1. The fourth-order valence-electron chi connectivity index (χ4n) is 2.97. The molecule has 150 valence electrons. The molecule has 0 bridgehead atoms. The van der Waals surface area contributed by atoms with E-state index in [9.17, 15) is 23.6 Å². The maximum absolute atomic E-state index is 12.9. The summed E-state index contributed by atoms with van der Waals surface area (Å²) >= 11 is 5.96. The number of ketones is 1. The summed E-state index contributed by atoms with van der Waals surface area (Å²) in [4.78, 5) is 48.3. The summed E-state index contributed by atoms with van der Waals surface area (Å²) < 4.78 is 13.9. The Bertz CT molecular complexity index is 972. The number of nitrogens with one attached hydrogen (secondary N) is 1. The van der Waals surface area contributed by atoms with Crippen molar-refractivity contribution in [3.63, 3.8) is 0 Å². The number of rotatable bonds is 8. The van der Waals surface area contributed by atoms with Crippen LogP contribution in [-0.4, -0.2) is 40.0 Å². The van der Waals surface area contributed by atoms with E-state index in [0.29, 0.717) is 15.8 Å². The molecule has 0 aliphatic heterocycles. The summed E-state index contributed by atoms with van der Waals surface area (Å²) in [6.07, 6.45) is 0.702. The van der Waals surface area contributed by atoms with Gasteiger partial charge < -0.3 is 15.0 Å². The molecule has 2 N–H and O–H groups in total. The Hall–Kier alpha value is -2.74. The molecule has 0 fully saturated rings. The molecule has 0 saturated carbocycles. The quantitative estimate of drug-likeness (QED) is 0.695. The molecule has 0 spiro atoms. The van der Waals surface area contributed by atoms with Gasteiger partial charge in [-0.25, -0.2) is 4.39 Å². The highest BCUT2D eigenvalue weighted by Crippen LogP contribution is 2.21. The number of hydrogen-bond acceptors (Lipinski definition) is 4. The topological polar surface area (TPSA) is 105 Å². The predicted molar refractivity (Wildman–Crippen MR) is 102 cm³/mol. The molecule has 0 aliphatic carbocycles. The molecule has 1 aromatic heterocycles. The SMILES string of the molecule is CC(C)[C@@H](C(=O)NC(CC(=O)O)C(=O)CF)n1ccc2ccc(Cl)cc2c1=O. The Kier molecular flexibility index (Phi) is 6.90. The van der Waals surface area contributed by atoms with Gasteiger partial charge in [0.25, 0.3) is 5.56 Å². The maximum Gasteiger partial charge on any atom is 0.305 e. The predicted octanol–water partition coefficient (Wildman–Crippen LogP) is 2.35. The lowest BCUT2D eigenvalue weighted by atomic mass is 10.0. The van der Waals surface area contributed by atoms with Crippen molar-refractivity contribution in [2.24, 2.45) is 5.92 Å². The number of carbonyl (C=O) groups is 3. The molecule has 1 aromatic carbocycles. The molecule has 7 nitrogen and oxygen atoms in total. The van der Waals surface area contributed by atoms with Crippen LogP contribution in [0.5, 0.6) is 0 Å². The smallest absolute Gasteiger partial charge is 0.305 e. The summed E-state index contributed by atoms with van der Waals surface area (Å²) in [6, 6.07) is 3.92. The van der Waals surface area contributed by atoms with E-state index in [2.05, 4.69) is 5.32 Å². The number of nitrogens with zero attached hydrogens (tertiary/aromatic N) is 1.